The maximum absolute atomic E-state index is 14.2. The highest BCUT2D eigenvalue weighted by Crippen LogP contribution is 2.26. The van der Waals surface area contributed by atoms with E-state index in [9.17, 15) is 9.18 Å². The Balaban J connectivity index is 2.32. The summed E-state index contributed by atoms with van der Waals surface area (Å²) in [7, 11) is 1.48. The van der Waals surface area contributed by atoms with Gasteiger partial charge in [0.1, 0.15) is 11.3 Å². The first-order valence-electron chi connectivity index (χ1n) is 6.06. The Labute approximate surface area is 114 Å². The second-order valence-electron chi connectivity index (χ2n) is 4.30. The highest BCUT2D eigenvalue weighted by molar-refractivity contribution is 5.80. The van der Waals surface area contributed by atoms with Gasteiger partial charge in [-0.3, -0.25) is 4.79 Å². The molecule has 0 unspecified atom stereocenters. The van der Waals surface area contributed by atoms with E-state index in [2.05, 4.69) is 0 Å². The molecule has 0 saturated carbocycles. The van der Waals surface area contributed by atoms with Gasteiger partial charge in [0, 0.05) is 5.56 Å². The van der Waals surface area contributed by atoms with Crippen molar-refractivity contribution in [3.63, 3.8) is 0 Å². The molecule has 1 aromatic heterocycles. The summed E-state index contributed by atoms with van der Waals surface area (Å²) in [6, 6.07) is 13.4. The average Bonchev–Trinajstić information content (AvgIpc) is 2.51. The molecule has 3 nitrogen and oxygen atoms in total. The second kappa shape index (κ2) is 4.81. The topological polar surface area (TPSA) is 39.4 Å². The molecular formula is C16H11FO3. The molecule has 3 rings (SSSR count). The molecule has 0 radical (unpaired) electrons. The minimum Gasteiger partial charge on any atom is -0.497 e. The third-order valence-corrected chi connectivity index (χ3v) is 3.08. The summed E-state index contributed by atoms with van der Waals surface area (Å²) in [6.45, 7) is 0. The molecule has 0 fully saturated rings. The van der Waals surface area contributed by atoms with Crippen LogP contribution < -0.4 is 10.2 Å². The van der Waals surface area contributed by atoms with E-state index in [0.29, 0.717) is 16.9 Å². The van der Waals surface area contributed by atoms with Crippen LogP contribution >= 0.6 is 0 Å². The first-order chi connectivity index (χ1) is 9.70. The summed E-state index contributed by atoms with van der Waals surface area (Å²) in [6.07, 6.45) is 0. The van der Waals surface area contributed by atoms with Gasteiger partial charge in [0.2, 0.25) is 11.2 Å². The van der Waals surface area contributed by atoms with Gasteiger partial charge in [-0.05, 0) is 18.2 Å². The summed E-state index contributed by atoms with van der Waals surface area (Å²) in [5, 5.41) is 0.168. The Bertz CT molecular complexity index is 822. The number of fused-ring (bicyclic) bond motifs is 1. The zero-order chi connectivity index (χ0) is 14.1. The summed E-state index contributed by atoms with van der Waals surface area (Å²) in [5.74, 6) is -0.457. The minimum absolute atomic E-state index is 0.0479. The summed E-state index contributed by atoms with van der Waals surface area (Å²) in [4.78, 5) is 12.1. The highest BCUT2D eigenvalue weighted by Gasteiger charge is 2.16. The quantitative estimate of drug-likeness (QED) is 0.714. The molecule has 0 atom stereocenters. The van der Waals surface area contributed by atoms with Crippen LogP contribution in [0.25, 0.3) is 22.3 Å². The molecule has 0 aliphatic heterocycles. The molecule has 0 bridgehead atoms. The lowest BCUT2D eigenvalue weighted by Crippen LogP contribution is -2.08. The van der Waals surface area contributed by atoms with E-state index in [0.717, 1.165) is 0 Å². The molecule has 0 aliphatic rings. The molecule has 0 aliphatic carbocycles. The summed E-state index contributed by atoms with van der Waals surface area (Å²) >= 11 is 0. The van der Waals surface area contributed by atoms with Crippen LogP contribution in [0.15, 0.2) is 57.7 Å². The molecule has 1 heterocycles. The lowest BCUT2D eigenvalue weighted by molar-refractivity contribution is 0.415. The zero-order valence-corrected chi connectivity index (χ0v) is 10.7. The van der Waals surface area contributed by atoms with Crippen molar-refractivity contribution in [2.75, 3.05) is 7.11 Å². The molecule has 0 N–H and O–H groups in total. The predicted octanol–water partition coefficient (Wildman–Crippen LogP) is 3.61. The molecule has 4 heteroatoms. The van der Waals surface area contributed by atoms with Gasteiger partial charge < -0.3 is 9.15 Å². The van der Waals surface area contributed by atoms with E-state index < -0.39 is 11.2 Å². The van der Waals surface area contributed by atoms with Gasteiger partial charge in [-0.15, -0.1) is 0 Å². The van der Waals surface area contributed by atoms with Crippen LogP contribution in [0.2, 0.25) is 0 Å². The smallest absolute Gasteiger partial charge is 0.229 e. The first-order valence-corrected chi connectivity index (χ1v) is 6.06. The maximum Gasteiger partial charge on any atom is 0.229 e. The Morgan fingerprint density at radius 2 is 1.85 bits per heavy atom. The van der Waals surface area contributed by atoms with Crippen LogP contribution in [0.4, 0.5) is 4.39 Å². The summed E-state index contributed by atoms with van der Waals surface area (Å²) < 4.78 is 24.8. The van der Waals surface area contributed by atoms with E-state index in [-0.39, 0.29) is 11.1 Å². The molecule has 2 aromatic carbocycles. The van der Waals surface area contributed by atoms with Gasteiger partial charge in [-0.25, -0.2) is 0 Å². The molecule has 20 heavy (non-hydrogen) atoms. The monoisotopic (exact) mass is 270 g/mol. The third kappa shape index (κ3) is 1.95. The van der Waals surface area contributed by atoms with Crippen molar-refractivity contribution < 1.29 is 13.5 Å². The van der Waals surface area contributed by atoms with Crippen molar-refractivity contribution in [2.45, 2.75) is 0 Å². The number of methoxy groups -OCH3 is 1. The first kappa shape index (κ1) is 12.4. The molecule has 0 saturated heterocycles. The Morgan fingerprint density at radius 3 is 2.55 bits per heavy atom. The van der Waals surface area contributed by atoms with E-state index in [1.807, 2.05) is 6.07 Å². The predicted molar refractivity (Wildman–Crippen MR) is 74.4 cm³/mol. The molecule has 0 spiro atoms. The van der Waals surface area contributed by atoms with Gasteiger partial charge >= 0.3 is 0 Å². The van der Waals surface area contributed by atoms with Gasteiger partial charge in [0.05, 0.1) is 12.5 Å². The lowest BCUT2D eigenvalue weighted by Gasteiger charge is -2.06. The maximum atomic E-state index is 14.2. The molecule has 3 aromatic rings. The van der Waals surface area contributed by atoms with Crippen molar-refractivity contribution in [3.05, 3.63) is 64.6 Å². The van der Waals surface area contributed by atoms with E-state index in [4.69, 9.17) is 9.15 Å². The summed E-state index contributed by atoms with van der Waals surface area (Å²) in [5.41, 5.74) is 0.167. The molecule has 100 valence electrons. The van der Waals surface area contributed by atoms with Crippen LogP contribution in [0, 0.1) is 5.82 Å². The zero-order valence-electron chi connectivity index (χ0n) is 10.7. The third-order valence-electron chi connectivity index (χ3n) is 3.08. The highest BCUT2D eigenvalue weighted by atomic mass is 19.1. The van der Waals surface area contributed by atoms with Gasteiger partial charge in [-0.2, -0.15) is 4.39 Å². The average molecular weight is 270 g/mol. The van der Waals surface area contributed by atoms with Crippen molar-refractivity contribution in [2.24, 2.45) is 0 Å². The lowest BCUT2D eigenvalue weighted by atomic mass is 10.1. The van der Waals surface area contributed by atoms with E-state index in [1.54, 1.807) is 36.4 Å². The standard InChI is InChI=1S/C16H11FO3/c1-19-11-7-8-13-12(9-11)15(18)14(17)16(20-13)10-5-3-2-4-6-10/h2-9H,1H3. The number of hydrogen-bond acceptors (Lipinski definition) is 3. The number of rotatable bonds is 2. The van der Waals surface area contributed by atoms with Crippen molar-refractivity contribution >= 4 is 11.0 Å². The number of benzene rings is 2. The fourth-order valence-electron chi connectivity index (χ4n) is 2.05. The second-order valence-corrected chi connectivity index (χ2v) is 4.30. The number of halogens is 1. The molecular weight excluding hydrogens is 259 g/mol. The van der Waals surface area contributed by atoms with Gasteiger partial charge in [-0.1, -0.05) is 30.3 Å². The normalized spacial score (nSPS) is 10.7. The number of ether oxygens (including phenoxy) is 1. The van der Waals surface area contributed by atoms with Crippen LogP contribution in [-0.2, 0) is 0 Å². The van der Waals surface area contributed by atoms with E-state index >= 15 is 0 Å². The Kier molecular flexibility index (Phi) is 2.99. The fourth-order valence-corrected chi connectivity index (χ4v) is 2.05. The van der Waals surface area contributed by atoms with Crippen molar-refractivity contribution in [3.8, 4) is 17.1 Å². The SMILES string of the molecule is COc1ccc2oc(-c3ccccc3)c(F)c(=O)c2c1. The van der Waals surface area contributed by atoms with Crippen LogP contribution in [0.3, 0.4) is 0 Å². The van der Waals surface area contributed by atoms with Gasteiger partial charge in [0.25, 0.3) is 0 Å². The molecule has 0 amide bonds. The largest absolute Gasteiger partial charge is 0.497 e. The van der Waals surface area contributed by atoms with Crippen molar-refractivity contribution in [1.82, 2.24) is 0 Å². The fraction of sp³-hybridized carbons (Fsp3) is 0.0625. The van der Waals surface area contributed by atoms with Crippen LogP contribution in [-0.4, -0.2) is 7.11 Å². The Morgan fingerprint density at radius 1 is 1.10 bits per heavy atom. The minimum atomic E-state index is -0.892. The van der Waals surface area contributed by atoms with Crippen LogP contribution in [0.1, 0.15) is 0 Å². The van der Waals surface area contributed by atoms with Crippen molar-refractivity contribution in [1.29, 1.82) is 0 Å². The number of hydrogen-bond donors (Lipinski definition) is 0. The van der Waals surface area contributed by atoms with Crippen LogP contribution in [0.5, 0.6) is 5.75 Å². The Hall–Kier alpha value is -2.62. The van der Waals surface area contributed by atoms with Gasteiger partial charge in [0.15, 0.2) is 5.76 Å². The van der Waals surface area contributed by atoms with E-state index in [1.165, 1.54) is 13.2 Å².